The van der Waals surface area contributed by atoms with Crippen molar-refractivity contribution < 1.29 is 8.42 Å². The van der Waals surface area contributed by atoms with Gasteiger partial charge in [0.05, 0.1) is 0 Å². The molecule has 0 aromatic heterocycles. The first-order chi connectivity index (χ1) is 8.42. The number of hydrogen-bond acceptors (Lipinski definition) is 3. The van der Waals surface area contributed by atoms with Gasteiger partial charge in [-0.05, 0) is 50.5 Å². The Morgan fingerprint density at radius 3 is 2.56 bits per heavy atom. The molecule has 0 bridgehead atoms. The van der Waals surface area contributed by atoms with Crippen LogP contribution in [0.5, 0.6) is 0 Å². The van der Waals surface area contributed by atoms with Gasteiger partial charge in [-0.3, -0.25) is 0 Å². The van der Waals surface area contributed by atoms with Crippen LogP contribution in [0.2, 0.25) is 0 Å². The maximum atomic E-state index is 11.2. The molecule has 3 atom stereocenters. The van der Waals surface area contributed by atoms with Gasteiger partial charge in [-0.25, -0.2) is 8.42 Å². The summed E-state index contributed by atoms with van der Waals surface area (Å²) in [5, 5.41) is 3.62. The smallest absolute Gasteiger partial charge is 0.147 e. The number of nitrogens with one attached hydrogen (secondary N) is 1. The third-order valence-electron chi connectivity index (χ3n) is 3.99. The van der Waals surface area contributed by atoms with E-state index in [4.69, 9.17) is 0 Å². The van der Waals surface area contributed by atoms with Crippen molar-refractivity contribution >= 4 is 9.84 Å². The van der Waals surface area contributed by atoms with Crippen molar-refractivity contribution in [3.63, 3.8) is 0 Å². The highest BCUT2D eigenvalue weighted by Crippen LogP contribution is 2.34. The molecule has 108 valence electrons. The summed E-state index contributed by atoms with van der Waals surface area (Å²) < 4.78 is 22.4. The molecule has 1 rings (SSSR count). The van der Waals surface area contributed by atoms with Crippen molar-refractivity contribution in [2.45, 2.75) is 58.4 Å². The first-order valence-electron chi connectivity index (χ1n) is 7.33. The molecule has 0 aliphatic heterocycles. The fourth-order valence-electron chi connectivity index (χ4n) is 3.02. The lowest BCUT2D eigenvalue weighted by Crippen LogP contribution is -2.36. The topological polar surface area (TPSA) is 46.2 Å². The standard InChI is InChI=1S/C14H29NO2S/c1-4-9-15-14(6-5-10-18(3,16)17)13-8-7-12(2)11-13/h12-15H,4-11H2,1-3H3. The van der Waals surface area contributed by atoms with Crippen molar-refractivity contribution in [2.24, 2.45) is 11.8 Å². The van der Waals surface area contributed by atoms with Crippen LogP contribution in [0.4, 0.5) is 0 Å². The van der Waals surface area contributed by atoms with Crippen LogP contribution in [0, 0.1) is 11.8 Å². The van der Waals surface area contributed by atoms with Crippen molar-refractivity contribution in [1.82, 2.24) is 5.32 Å². The second-order valence-corrected chi connectivity index (χ2v) is 8.27. The molecular weight excluding hydrogens is 246 g/mol. The molecule has 1 fully saturated rings. The maximum Gasteiger partial charge on any atom is 0.147 e. The number of sulfone groups is 1. The van der Waals surface area contributed by atoms with Crippen LogP contribution in [0.3, 0.4) is 0 Å². The highest BCUT2D eigenvalue weighted by atomic mass is 32.2. The summed E-state index contributed by atoms with van der Waals surface area (Å²) in [6.45, 7) is 5.56. The Kier molecular flexibility index (Phi) is 6.64. The third-order valence-corrected chi connectivity index (χ3v) is 5.02. The van der Waals surface area contributed by atoms with Gasteiger partial charge in [-0.2, -0.15) is 0 Å². The highest BCUT2D eigenvalue weighted by Gasteiger charge is 2.28. The van der Waals surface area contributed by atoms with Crippen LogP contribution in [0.15, 0.2) is 0 Å². The van der Waals surface area contributed by atoms with Crippen LogP contribution in [-0.4, -0.2) is 33.0 Å². The summed E-state index contributed by atoms with van der Waals surface area (Å²) in [5.41, 5.74) is 0. The lowest BCUT2D eigenvalue weighted by Gasteiger charge is -2.25. The Bertz CT molecular complexity index is 327. The van der Waals surface area contributed by atoms with Gasteiger partial charge in [0.1, 0.15) is 9.84 Å². The van der Waals surface area contributed by atoms with E-state index in [0.29, 0.717) is 11.8 Å². The molecule has 0 amide bonds. The molecular formula is C14H29NO2S. The Labute approximate surface area is 113 Å². The summed E-state index contributed by atoms with van der Waals surface area (Å²) in [6.07, 6.45) is 8.22. The zero-order chi connectivity index (χ0) is 13.6. The fourth-order valence-corrected chi connectivity index (χ4v) is 3.71. The molecule has 4 heteroatoms. The van der Waals surface area contributed by atoms with Crippen molar-refractivity contribution in [3.8, 4) is 0 Å². The molecule has 1 aliphatic carbocycles. The van der Waals surface area contributed by atoms with E-state index in [-0.39, 0.29) is 0 Å². The Hall–Kier alpha value is -0.0900. The Morgan fingerprint density at radius 2 is 2.06 bits per heavy atom. The van der Waals surface area contributed by atoms with E-state index < -0.39 is 9.84 Å². The lowest BCUT2D eigenvalue weighted by atomic mass is 9.93. The van der Waals surface area contributed by atoms with E-state index in [9.17, 15) is 8.42 Å². The number of hydrogen-bond donors (Lipinski definition) is 1. The van der Waals surface area contributed by atoms with E-state index >= 15 is 0 Å². The van der Waals surface area contributed by atoms with Crippen molar-refractivity contribution in [2.75, 3.05) is 18.6 Å². The lowest BCUT2D eigenvalue weighted by molar-refractivity contribution is 0.331. The predicted octanol–water partition coefficient (Wildman–Crippen LogP) is 2.62. The molecule has 3 unspecified atom stereocenters. The normalized spacial score (nSPS) is 26.4. The summed E-state index contributed by atoms with van der Waals surface area (Å²) in [4.78, 5) is 0. The number of rotatable bonds is 8. The van der Waals surface area contributed by atoms with E-state index in [1.807, 2.05) is 0 Å². The molecule has 1 aliphatic rings. The minimum Gasteiger partial charge on any atom is -0.314 e. The molecule has 0 aromatic carbocycles. The average molecular weight is 275 g/mol. The zero-order valence-electron chi connectivity index (χ0n) is 12.1. The molecule has 0 aromatic rings. The van der Waals surface area contributed by atoms with Crippen LogP contribution < -0.4 is 5.32 Å². The second-order valence-electron chi connectivity index (χ2n) is 6.01. The summed E-state index contributed by atoms with van der Waals surface area (Å²) in [7, 11) is -2.80. The van der Waals surface area contributed by atoms with Crippen LogP contribution in [0.25, 0.3) is 0 Å². The van der Waals surface area contributed by atoms with E-state index in [1.165, 1.54) is 25.5 Å². The van der Waals surface area contributed by atoms with E-state index in [0.717, 1.165) is 37.6 Å². The average Bonchev–Trinajstić information content (AvgIpc) is 2.68. The van der Waals surface area contributed by atoms with E-state index in [2.05, 4.69) is 19.2 Å². The first-order valence-corrected chi connectivity index (χ1v) is 9.39. The predicted molar refractivity (Wildman–Crippen MR) is 77.5 cm³/mol. The van der Waals surface area contributed by atoms with Gasteiger partial charge < -0.3 is 5.32 Å². The third kappa shape index (κ3) is 6.19. The highest BCUT2D eigenvalue weighted by molar-refractivity contribution is 7.90. The van der Waals surface area contributed by atoms with Gasteiger partial charge in [0, 0.05) is 18.1 Å². The SMILES string of the molecule is CCCNC(CCCS(C)(=O)=O)C1CCC(C)C1. The molecule has 18 heavy (non-hydrogen) atoms. The Balaban J connectivity index is 2.40. The molecule has 3 nitrogen and oxygen atoms in total. The molecule has 0 saturated heterocycles. The summed E-state index contributed by atoms with van der Waals surface area (Å²) in [5.74, 6) is 1.93. The van der Waals surface area contributed by atoms with Gasteiger partial charge >= 0.3 is 0 Å². The van der Waals surface area contributed by atoms with Crippen LogP contribution in [-0.2, 0) is 9.84 Å². The molecule has 0 heterocycles. The maximum absolute atomic E-state index is 11.2. The molecule has 1 saturated carbocycles. The van der Waals surface area contributed by atoms with E-state index in [1.54, 1.807) is 0 Å². The van der Waals surface area contributed by atoms with Gasteiger partial charge in [-0.15, -0.1) is 0 Å². The van der Waals surface area contributed by atoms with Gasteiger partial charge in [0.2, 0.25) is 0 Å². The quantitative estimate of drug-likeness (QED) is 0.740. The second kappa shape index (κ2) is 7.49. The van der Waals surface area contributed by atoms with Crippen molar-refractivity contribution in [1.29, 1.82) is 0 Å². The molecule has 1 N–H and O–H groups in total. The summed E-state index contributed by atoms with van der Waals surface area (Å²) >= 11 is 0. The van der Waals surface area contributed by atoms with Crippen LogP contribution >= 0.6 is 0 Å². The van der Waals surface area contributed by atoms with Crippen molar-refractivity contribution in [3.05, 3.63) is 0 Å². The fraction of sp³-hybridized carbons (Fsp3) is 1.00. The van der Waals surface area contributed by atoms with Gasteiger partial charge in [0.15, 0.2) is 0 Å². The molecule has 0 spiro atoms. The van der Waals surface area contributed by atoms with Gasteiger partial charge in [-0.1, -0.05) is 20.3 Å². The Morgan fingerprint density at radius 1 is 1.33 bits per heavy atom. The minimum atomic E-state index is -2.80. The zero-order valence-corrected chi connectivity index (χ0v) is 12.9. The monoisotopic (exact) mass is 275 g/mol. The van der Waals surface area contributed by atoms with Crippen LogP contribution in [0.1, 0.15) is 52.4 Å². The summed E-state index contributed by atoms with van der Waals surface area (Å²) in [6, 6.07) is 0.525. The van der Waals surface area contributed by atoms with Gasteiger partial charge in [0.25, 0.3) is 0 Å². The minimum absolute atomic E-state index is 0.333. The first kappa shape index (κ1) is 16.0. The molecule has 0 radical (unpaired) electrons. The largest absolute Gasteiger partial charge is 0.314 e.